The zero-order valence-corrected chi connectivity index (χ0v) is 11.0. The van der Waals surface area contributed by atoms with E-state index < -0.39 is 0 Å². The van der Waals surface area contributed by atoms with Gasteiger partial charge in [-0.2, -0.15) is 0 Å². The molecule has 1 saturated heterocycles. The predicted octanol–water partition coefficient (Wildman–Crippen LogP) is -0.521. The van der Waals surface area contributed by atoms with E-state index >= 15 is 0 Å². The van der Waals surface area contributed by atoms with E-state index in [1.165, 1.54) is 0 Å². The SMILES string of the molecule is CNC(=O)CCCN1CCN(CCCN)CC1. The maximum absolute atomic E-state index is 11.1. The van der Waals surface area contributed by atoms with Gasteiger partial charge in [-0.3, -0.25) is 4.79 Å². The topological polar surface area (TPSA) is 61.6 Å². The first-order valence-electron chi connectivity index (χ1n) is 6.61. The predicted molar refractivity (Wildman–Crippen MR) is 69.9 cm³/mol. The van der Waals surface area contributed by atoms with E-state index in [1.807, 2.05) is 0 Å². The minimum Gasteiger partial charge on any atom is -0.359 e. The summed E-state index contributed by atoms with van der Waals surface area (Å²) in [6.45, 7) is 7.48. The number of hydrogen-bond acceptors (Lipinski definition) is 4. The van der Waals surface area contributed by atoms with Crippen molar-refractivity contribution >= 4 is 5.91 Å². The number of nitrogens with zero attached hydrogens (tertiary/aromatic N) is 2. The molecule has 0 saturated carbocycles. The van der Waals surface area contributed by atoms with Crippen LogP contribution < -0.4 is 11.1 Å². The number of amides is 1. The third kappa shape index (κ3) is 6.00. The first kappa shape index (κ1) is 14.4. The number of nitrogens with two attached hydrogens (primary N) is 1. The second-order valence-electron chi connectivity index (χ2n) is 4.60. The van der Waals surface area contributed by atoms with Crippen molar-refractivity contribution in [2.75, 3.05) is 52.9 Å². The largest absolute Gasteiger partial charge is 0.359 e. The molecule has 0 spiro atoms. The molecule has 0 aromatic carbocycles. The summed E-state index contributed by atoms with van der Waals surface area (Å²) in [5, 5.41) is 2.66. The van der Waals surface area contributed by atoms with Crippen LogP contribution in [0.1, 0.15) is 19.3 Å². The smallest absolute Gasteiger partial charge is 0.219 e. The maximum Gasteiger partial charge on any atom is 0.219 e. The van der Waals surface area contributed by atoms with Crippen molar-refractivity contribution in [3.8, 4) is 0 Å². The van der Waals surface area contributed by atoms with Gasteiger partial charge in [0.15, 0.2) is 0 Å². The van der Waals surface area contributed by atoms with E-state index in [0.29, 0.717) is 6.42 Å². The second kappa shape index (κ2) is 8.44. The molecular formula is C12H26N4O. The van der Waals surface area contributed by atoms with Gasteiger partial charge in [0.25, 0.3) is 0 Å². The first-order valence-corrected chi connectivity index (χ1v) is 6.61. The molecule has 1 aliphatic rings. The van der Waals surface area contributed by atoms with Gasteiger partial charge in [0.05, 0.1) is 0 Å². The van der Waals surface area contributed by atoms with Gasteiger partial charge >= 0.3 is 0 Å². The van der Waals surface area contributed by atoms with Crippen molar-refractivity contribution in [3.05, 3.63) is 0 Å². The van der Waals surface area contributed by atoms with Crippen LogP contribution in [-0.4, -0.2) is 68.6 Å². The molecule has 0 aliphatic carbocycles. The van der Waals surface area contributed by atoms with Gasteiger partial charge in [0.1, 0.15) is 0 Å². The van der Waals surface area contributed by atoms with Crippen LogP contribution in [-0.2, 0) is 4.79 Å². The molecule has 0 aromatic rings. The van der Waals surface area contributed by atoms with Crippen LogP contribution >= 0.6 is 0 Å². The van der Waals surface area contributed by atoms with E-state index in [0.717, 1.165) is 58.7 Å². The van der Waals surface area contributed by atoms with Crippen molar-refractivity contribution < 1.29 is 4.79 Å². The van der Waals surface area contributed by atoms with Crippen LogP contribution in [0.4, 0.5) is 0 Å². The summed E-state index contributed by atoms with van der Waals surface area (Å²) >= 11 is 0. The van der Waals surface area contributed by atoms with Crippen LogP contribution in [0, 0.1) is 0 Å². The summed E-state index contributed by atoms with van der Waals surface area (Å²) in [5.41, 5.74) is 5.51. The second-order valence-corrected chi connectivity index (χ2v) is 4.60. The Bertz CT molecular complexity index is 215. The molecular weight excluding hydrogens is 216 g/mol. The van der Waals surface area contributed by atoms with E-state index in [-0.39, 0.29) is 5.91 Å². The van der Waals surface area contributed by atoms with Crippen LogP contribution in [0.5, 0.6) is 0 Å². The normalized spacial score (nSPS) is 18.2. The highest BCUT2D eigenvalue weighted by atomic mass is 16.1. The molecule has 1 rings (SSSR count). The molecule has 0 unspecified atom stereocenters. The van der Waals surface area contributed by atoms with Gasteiger partial charge in [-0.05, 0) is 32.5 Å². The van der Waals surface area contributed by atoms with Gasteiger partial charge in [0, 0.05) is 39.6 Å². The molecule has 0 atom stereocenters. The minimum atomic E-state index is 0.145. The lowest BCUT2D eigenvalue weighted by molar-refractivity contribution is -0.120. The third-order valence-corrected chi connectivity index (χ3v) is 3.30. The van der Waals surface area contributed by atoms with E-state index in [2.05, 4.69) is 15.1 Å². The van der Waals surface area contributed by atoms with Crippen LogP contribution in [0.2, 0.25) is 0 Å². The number of carbonyl (C=O) groups excluding carboxylic acids is 1. The zero-order valence-electron chi connectivity index (χ0n) is 11.0. The fourth-order valence-electron chi connectivity index (χ4n) is 2.14. The molecule has 0 radical (unpaired) electrons. The van der Waals surface area contributed by atoms with Crippen molar-refractivity contribution in [2.45, 2.75) is 19.3 Å². The van der Waals surface area contributed by atoms with Gasteiger partial charge in [0.2, 0.25) is 5.91 Å². The van der Waals surface area contributed by atoms with Gasteiger partial charge in [-0.25, -0.2) is 0 Å². The molecule has 1 aliphatic heterocycles. The van der Waals surface area contributed by atoms with E-state index in [9.17, 15) is 4.79 Å². The number of hydrogen-bond donors (Lipinski definition) is 2. The van der Waals surface area contributed by atoms with Crippen LogP contribution in [0.3, 0.4) is 0 Å². The molecule has 1 heterocycles. The van der Waals surface area contributed by atoms with Crippen molar-refractivity contribution in [1.82, 2.24) is 15.1 Å². The molecule has 0 aromatic heterocycles. The maximum atomic E-state index is 11.1. The average molecular weight is 242 g/mol. The minimum absolute atomic E-state index is 0.145. The number of nitrogens with one attached hydrogen (secondary N) is 1. The first-order chi connectivity index (χ1) is 8.26. The van der Waals surface area contributed by atoms with Crippen LogP contribution in [0.15, 0.2) is 0 Å². The fraction of sp³-hybridized carbons (Fsp3) is 0.917. The molecule has 1 fully saturated rings. The molecule has 100 valence electrons. The molecule has 0 bridgehead atoms. The molecule has 17 heavy (non-hydrogen) atoms. The monoisotopic (exact) mass is 242 g/mol. The highest BCUT2D eigenvalue weighted by Gasteiger charge is 2.15. The Hall–Kier alpha value is -0.650. The lowest BCUT2D eigenvalue weighted by atomic mass is 10.2. The van der Waals surface area contributed by atoms with Gasteiger partial charge in [-0.1, -0.05) is 0 Å². The summed E-state index contributed by atoms with van der Waals surface area (Å²) in [7, 11) is 1.69. The summed E-state index contributed by atoms with van der Waals surface area (Å²) in [5.74, 6) is 0.145. The summed E-state index contributed by atoms with van der Waals surface area (Å²) in [4.78, 5) is 16.0. The quantitative estimate of drug-likeness (QED) is 0.630. The molecule has 1 amide bonds. The highest BCUT2D eigenvalue weighted by molar-refractivity contribution is 5.75. The standard InChI is InChI=1S/C12H26N4O/c1-14-12(17)4-2-6-15-8-10-16(11-9-15)7-3-5-13/h2-11,13H2,1H3,(H,14,17). The number of rotatable bonds is 7. The zero-order chi connectivity index (χ0) is 12.5. The fourth-order valence-corrected chi connectivity index (χ4v) is 2.14. The van der Waals surface area contributed by atoms with Crippen LogP contribution in [0.25, 0.3) is 0 Å². The Balaban J connectivity index is 2.04. The Morgan fingerprint density at radius 2 is 1.65 bits per heavy atom. The molecule has 3 N–H and O–H groups in total. The van der Waals surface area contributed by atoms with Crippen molar-refractivity contribution in [1.29, 1.82) is 0 Å². The number of piperazine rings is 1. The van der Waals surface area contributed by atoms with Crippen molar-refractivity contribution in [3.63, 3.8) is 0 Å². The number of carbonyl (C=O) groups is 1. The Kier molecular flexibility index (Phi) is 7.16. The average Bonchev–Trinajstić information content (AvgIpc) is 2.37. The van der Waals surface area contributed by atoms with E-state index in [4.69, 9.17) is 5.73 Å². The molecule has 5 heteroatoms. The summed E-state index contributed by atoms with van der Waals surface area (Å²) in [6, 6.07) is 0. The Morgan fingerprint density at radius 3 is 2.12 bits per heavy atom. The lowest BCUT2D eigenvalue weighted by Crippen LogP contribution is -2.47. The third-order valence-electron chi connectivity index (χ3n) is 3.30. The molecule has 5 nitrogen and oxygen atoms in total. The Morgan fingerprint density at radius 1 is 1.12 bits per heavy atom. The summed E-state index contributed by atoms with van der Waals surface area (Å²) in [6.07, 6.45) is 2.70. The van der Waals surface area contributed by atoms with Crippen molar-refractivity contribution in [2.24, 2.45) is 5.73 Å². The van der Waals surface area contributed by atoms with Gasteiger partial charge in [-0.15, -0.1) is 0 Å². The van der Waals surface area contributed by atoms with E-state index in [1.54, 1.807) is 7.05 Å². The lowest BCUT2D eigenvalue weighted by Gasteiger charge is -2.34. The highest BCUT2D eigenvalue weighted by Crippen LogP contribution is 2.04. The Labute approximate surface area is 104 Å². The summed E-state index contributed by atoms with van der Waals surface area (Å²) < 4.78 is 0. The van der Waals surface area contributed by atoms with Gasteiger partial charge < -0.3 is 20.9 Å².